The molecule has 1 saturated carbocycles. The SMILES string of the molecule is CCOC1(C(NC)c2ccc(Cl)cc2)CCC(C)CC1. The van der Waals surface area contributed by atoms with Crippen molar-refractivity contribution in [1.82, 2.24) is 5.32 Å². The number of benzene rings is 1. The molecule has 112 valence electrons. The molecule has 3 heteroatoms. The average molecular weight is 296 g/mol. The summed E-state index contributed by atoms with van der Waals surface area (Å²) in [5, 5.41) is 4.26. The number of halogens is 1. The van der Waals surface area contributed by atoms with Crippen molar-refractivity contribution in [3.63, 3.8) is 0 Å². The third kappa shape index (κ3) is 3.36. The van der Waals surface area contributed by atoms with Crippen molar-refractivity contribution in [2.45, 2.75) is 51.2 Å². The van der Waals surface area contributed by atoms with Crippen LogP contribution in [0.15, 0.2) is 24.3 Å². The zero-order chi connectivity index (χ0) is 14.6. The standard InChI is InChI=1S/C17H26ClNO/c1-4-20-17(11-9-13(2)10-12-17)16(19-3)14-5-7-15(18)8-6-14/h5-8,13,16,19H,4,9-12H2,1-3H3. The van der Waals surface area contributed by atoms with Crippen LogP contribution in [0.4, 0.5) is 0 Å². The van der Waals surface area contributed by atoms with Crippen LogP contribution in [-0.4, -0.2) is 19.3 Å². The second kappa shape index (κ2) is 6.93. The number of hydrogen-bond acceptors (Lipinski definition) is 2. The van der Waals surface area contributed by atoms with Gasteiger partial charge in [0, 0.05) is 11.6 Å². The Morgan fingerprint density at radius 1 is 1.30 bits per heavy atom. The number of ether oxygens (including phenoxy) is 1. The first kappa shape index (κ1) is 15.8. The summed E-state index contributed by atoms with van der Waals surface area (Å²) in [5.41, 5.74) is 1.18. The van der Waals surface area contributed by atoms with E-state index in [4.69, 9.17) is 16.3 Å². The van der Waals surface area contributed by atoms with E-state index in [0.717, 1.165) is 30.4 Å². The van der Waals surface area contributed by atoms with E-state index >= 15 is 0 Å². The molecule has 0 radical (unpaired) electrons. The summed E-state index contributed by atoms with van der Waals surface area (Å²) in [6, 6.07) is 8.38. The summed E-state index contributed by atoms with van der Waals surface area (Å²) in [6.45, 7) is 5.20. The predicted octanol–water partition coefficient (Wildman–Crippen LogP) is 4.59. The molecule has 2 rings (SSSR count). The maximum Gasteiger partial charge on any atom is 0.0876 e. The maximum atomic E-state index is 6.26. The third-order valence-corrected chi connectivity index (χ3v) is 4.82. The zero-order valence-electron chi connectivity index (χ0n) is 12.8. The van der Waals surface area contributed by atoms with Crippen molar-refractivity contribution in [2.24, 2.45) is 5.92 Å². The van der Waals surface area contributed by atoms with Gasteiger partial charge in [0.05, 0.1) is 11.6 Å². The molecule has 1 aromatic rings. The Hall–Kier alpha value is -0.570. The molecule has 0 heterocycles. The summed E-state index contributed by atoms with van der Waals surface area (Å²) in [7, 11) is 2.03. The lowest BCUT2D eigenvalue weighted by atomic mass is 9.73. The monoisotopic (exact) mass is 295 g/mol. The predicted molar refractivity (Wildman–Crippen MR) is 85.2 cm³/mol. The minimum absolute atomic E-state index is 0.0795. The molecular weight excluding hydrogens is 270 g/mol. The lowest BCUT2D eigenvalue weighted by molar-refractivity contribution is -0.0962. The Morgan fingerprint density at radius 2 is 1.90 bits per heavy atom. The van der Waals surface area contributed by atoms with Crippen LogP contribution in [0.5, 0.6) is 0 Å². The topological polar surface area (TPSA) is 21.3 Å². The van der Waals surface area contributed by atoms with Crippen molar-refractivity contribution in [1.29, 1.82) is 0 Å². The van der Waals surface area contributed by atoms with Gasteiger partial charge in [-0.05, 0) is 63.3 Å². The fourth-order valence-corrected chi connectivity index (χ4v) is 3.57. The van der Waals surface area contributed by atoms with Gasteiger partial charge in [-0.25, -0.2) is 0 Å². The number of nitrogens with one attached hydrogen (secondary N) is 1. The van der Waals surface area contributed by atoms with Gasteiger partial charge in [0.1, 0.15) is 0 Å². The lowest BCUT2D eigenvalue weighted by Crippen LogP contribution is -2.47. The summed E-state index contributed by atoms with van der Waals surface area (Å²) in [6.07, 6.45) is 4.73. The molecule has 1 atom stereocenters. The molecule has 2 nitrogen and oxygen atoms in total. The molecule has 1 aliphatic rings. The molecule has 0 aliphatic heterocycles. The number of hydrogen-bond donors (Lipinski definition) is 1. The van der Waals surface area contributed by atoms with Gasteiger partial charge in [0.2, 0.25) is 0 Å². The Balaban J connectivity index is 2.27. The summed E-state index contributed by atoms with van der Waals surface area (Å²) in [4.78, 5) is 0. The minimum atomic E-state index is -0.0795. The first-order valence-electron chi connectivity index (χ1n) is 7.68. The van der Waals surface area contributed by atoms with Gasteiger partial charge in [-0.15, -0.1) is 0 Å². The Kier molecular flexibility index (Phi) is 5.48. The Morgan fingerprint density at radius 3 is 2.40 bits per heavy atom. The summed E-state index contributed by atoms with van der Waals surface area (Å²) < 4.78 is 6.26. The van der Waals surface area contributed by atoms with E-state index in [2.05, 4.69) is 31.3 Å². The van der Waals surface area contributed by atoms with Crippen LogP contribution in [-0.2, 0) is 4.74 Å². The van der Waals surface area contributed by atoms with Crippen LogP contribution < -0.4 is 5.32 Å². The van der Waals surface area contributed by atoms with Gasteiger partial charge in [-0.2, -0.15) is 0 Å². The molecular formula is C17H26ClNO. The highest BCUT2D eigenvalue weighted by Gasteiger charge is 2.42. The first-order chi connectivity index (χ1) is 9.61. The second-order valence-corrected chi connectivity index (χ2v) is 6.39. The van der Waals surface area contributed by atoms with Crippen LogP contribution in [0.3, 0.4) is 0 Å². The van der Waals surface area contributed by atoms with E-state index in [0.29, 0.717) is 0 Å². The van der Waals surface area contributed by atoms with Crippen molar-refractivity contribution in [3.05, 3.63) is 34.9 Å². The molecule has 1 fully saturated rings. The average Bonchev–Trinajstić information content (AvgIpc) is 2.45. The Bertz CT molecular complexity index is 410. The number of rotatable bonds is 5. The first-order valence-corrected chi connectivity index (χ1v) is 8.06. The van der Waals surface area contributed by atoms with Gasteiger partial charge in [-0.1, -0.05) is 30.7 Å². The lowest BCUT2D eigenvalue weighted by Gasteiger charge is -2.45. The quantitative estimate of drug-likeness (QED) is 0.858. The normalized spacial score (nSPS) is 28.3. The molecule has 0 aromatic heterocycles. The zero-order valence-corrected chi connectivity index (χ0v) is 13.5. The fourth-order valence-electron chi connectivity index (χ4n) is 3.44. The van der Waals surface area contributed by atoms with Crippen LogP contribution in [0.25, 0.3) is 0 Å². The second-order valence-electron chi connectivity index (χ2n) is 5.95. The van der Waals surface area contributed by atoms with E-state index in [9.17, 15) is 0 Å². The van der Waals surface area contributed by atoms with E-state index in [-0.39, 0.29) is 11.6 Å². The van der Waals surface area contributed by atoms with Crippen molar-refractivity contribution < 1.29 is 4.74 Å². The summed E-state index contributed by atoms with van der Waals surface area (Å²) >= 11 is 6.01. The van der Waals surface area contributed by atoms with Crippen molar-refractivity contribution in [2.75, 3.05) is 13.7 Å². The maximum absolute atomic E-state index is 6.26. The highest BCUT2D eigenvalue weighted by atomic mass is 35.5. The molecule has 1 aromatic carbocycles. The molecule has 0 spiro atoms. The van der Waals surface area contributed by atoms with Crippen molar-refractivity contribution >= 4 is 11.6 Å². The van der Waals surface area contributed by atoms with Gasteiger partial charge >= 0.3 is 0 Å². The Labute approximate surface area is 127 Å². The van der Waals surface area contributed by atoms with Crippen LogP contribution >= 0.6 is 11.6 Å². The van der Waals surface area contributed by atoms with Crippen LogP contribution in [0, 0.1) is 5.92 Å². The fraction of sp³-hybridized carbons (Fsp3) is 0.647. The molecule has 1 unspecified atom stereocenters. The number of likely N-dealkylation sites (N-methyl/N-ethyl adjacent to an activating group) is 1. The summed E-state index contributed by atoms with van der Waals surface area (Å²) in [5.74, 6) is 0.811. The van der Waals surface area contributed by atoms with Gasteiger partial charge < -0.3 is 10.1 Å². The van der Waals surface area contributed by atoms with Crippen LogP contribution in [0.2, 0.25) is 5.02 Å². The highest BCUT2D eigenvalue weighted by Crippen LogP contribution is 2.43. The van der Waals surface area contributed by atoms with E-state index in [1.807, 2.05) is 19.2 Å². The third-order valence-electron chi connectivity index (χ3n) is 4.57. The largest absolute Gasteiger partial charge is 0.373 e. The highest BCUT2D eigenvalue weighted by molar-refractivity contribution is 6.30. The molecule has 0 amide bonds. The van der Waals surface area contributed by atoms with Gasteiger partial charge in [0.25, 0.3) is 0 Å². The molecule has 1 N–H and O–H groups in total. The van der Waals surface area contributed by atoms with Crippen molar-refractivity contribution in [3.8, 4) is 0 Å². The molecule has 1 aliphatic carbocycles. The molecule has 20 heavy (non-hydrogen) atoms. The minimum Gasteiger partial charge on any atom is -0.373 e. The molecule has 0 bridgehead atoms. The molecule has 0 saturated heterocycles. The smallest absolute Gasteiger partial charge is 0.0876 e. The van der Waals surface area contributed by atoms with E-state index in [1.165, 1.54) is 18.4 Å². The van der Waals surface area contributed by atoms with Gasteiger partial charge in [0.15, 0.2) is 0 Å². The van der Waals surface area contributed by atoms with Crippen LogP contribution in [0.1, 0.15) is 51.1 Å². The van der Waals surface area contributed by atoms with E-state index < -0.39 is 0 Å². The van der Waals surface area contributed by atoms with E-state index in [1.54, 1.807) is 0 Å². The van der Waals surface area contributed by atoms with Gasteiger partial charge in [-0.3, -0.25) is 0 Å².